The zero-order chi connectivity index (χ0) is 12.2. The van der Waals surface area contributed by atoms with Crippen LogP contribution in [0.25, 0.3) is 0 Å². The highest BCUT2D eigenvalue weighted by Gasteiger charge is 2.22. The van der Waals surface area contributed by atoms with E-state index in [9.17, 15) is 13.2 Å². The molecular formula is C9H18BrNO3S. The maximum atomic E-state index is 11.7. The molecule has 0 aromatic heterocycles. The van der Waals surface area contributed by atoms with E-state index < -0.39 is 9.84 Å². The zero-order valence-electron chi connectivity index (χ0n) is 9.53. The summed E-state index contributed by atoms with van der Waals surface area (Å²) in [6, 6.07) is 0. The zero-order valence-corrected chi connectivity index (χ0v) is 11.9. The number of halogens is 1. The van der Waals surface area contributed by atoms with Gasteiger partial charge in [-0.1, -0.05) is 29.8 Å². The van der Waals surface area contributed by atoms with Crippen molar-refractivity contribution in [1.82, 2.24) is 4.90 Å². The number of nitrogens with zero attached hydrogens (tertiary/aromatic N) is 1. The lowest BCUT2D eigenvalue weighted by Gasteiger charge is -2.21. The van der Waals surface area contributed by atoms with Crippen molar-refractivity contribution in [1.29, 1.82) is 0 Å². The third-order valence-electron chi connectivity index (χ3n) is 1.99. The van der Waals surface area contributed by atoms with Crippen molar-refractivity contribution in [3.05, 3.63) is 0 Å². The van der Waals surface area contributed by atoms with Crippen LogP contribution >= 0.6 is 15.9 Å². The first-order valence-electron chi connectivity index (χ1n) is 4.72. The number of carbonyl (C=O) groups is 1. The molecule has 0 bridgehead atoms. The van der Waals surface area contributed by atoms with Crippen LogP contribution in [0.4, 0.5) is 0 Å². The van der Waals surface area contributed by atoms with Crippen molar-refractivity contribution < 1.29 is 13.2 Å². The summed E-state index contributed by atoms with van der Waals surface area (Å²) in [5.74, 6) is 0.124. The summed E-state index contributed by atoms with van der Waals surface area (Å²) in [6.07, 6.45) is 1.17. The molecule has 0 aliphatic rings. The highest BCUT2D eigenvalue weighted by Crippen LogP contribution is 2.14. The van der Waals surface area contributed by atoms with E-state index in [4.69, 9.17) is 0 Å². The normalized spacial score (nSPS) is 14.0. The number of carbonyl (C=O) groups excluding carboxylic acids is 1. The van der Waals surface area contributed by atoms with Crippen molar-refractivity contribution >= 4 is 31.7 Å². The maximum absolute atomic E-state index is 11.7. The highest BCUT2D eigenvalue weighted by atomic mass is 79.9. The SMILES string of the molecule is CC(C)C(Br)C(=O)N(C)CCS(C)(=O)=O. The fourth-order valence-corrected chi connectivity index (χ4v) is 1.86. The molecule has 0 aromatic rings. The lowest BCUT2D eigenvalue weighted by atomic mass is 10.1. The highest BCUT2D eigenvalue weighted by molar-refractivity contribution is 9.10. The summed E-state index contributed by atoms with van der Waals surface area (Å²) in [6.45, 7) is 4.11. The van der Waals surface area contributed by atoms with Crippen LogP contribution in [0.5, 0.6) is 0 Å². The van der Waals surface area contributed by atoms with Gasteiger partial charge >= 0.3 is 0 Å². The molecule has 1 atom stereocenters. The van der Waals surface area contributed by atoms with Gasteiger partial charge in [-0.2, -0.15) is 0 Å². The Morgan fingerprint density at radius 1 is 1.40 bits per heavy atom. The van der Waals surface area contributed by atoms with Crippen LogP contribution in [0.15, 0.2) is 0 Å². The van der Waals surface area contributed by atoms with Crippen LogP contribution < -0.4 is 0 Å². The largest absolute Gasteiger partial charge is 0.344 e. The van der Waals surface area contributed by atoms with Gasteiger partial charge in [0.05, 0.1) is 10.6 Å². The van der Waals surface area contributed by atoms with E-state index >= 15 is 0 Å². The minimum absolute atomic E-state index is 0.00700. The molecule has 1 unspecified atom stereocenters. The Bertz CT molecular complexity index is 313. The summed E-state index contributed by atoms with van der Waals surface area (Å²) < 4.78 is 21.8. The van der Waals surface area contributed by atoms with Crippen LogP contribution in [-0.2, 0) is 14.6 Å². The summed E-state index contributed by atoms with van der Waals surface area (Å²) in [5.41, 5.74) is 0. The molecule has 0 fully saturated rings. The van der Waals surface area contributed by atoms with E-state index in [1.807, 2.05) is 13.8 Å². The Labute approximate surface area is 100 Å². The Kier molecular flexibility index (Phi) is 5.80. The quantitative estimate of drug-likeness (QED) is 0.709. The standard InChI is InChI=1S/C9H18BrNO3S/c1-7(2)8(10)9(12)11(3)5-6-15(4,13)14/h7-8H,5-6H2,1-4H3. The van der Waals surface area contributed by atoms with Gasteiger partial charge in [0.25, 0.3) is 0 Å². The summed E-state index contributed by atoms with van der Waals surface area (Å²) in [4.78, 5) is 12.9. The minimum Gasteiger partial charge on any atom is -0.344 e. The third-order valence-corrected chi connectivity index (χ3v) is 4.37. The van der Waals surface area contributed by atoms with E-state index in [2.05, 4.69) is 15.9 Å². The molecule has 0 heterocycles. The van der Waals surface area contributed by atoms with Crippen LogP contribution in [-0.4, -0.2) is 49.7 Å². The summed E-state index contributed by atoms with van der Waals surface area (Å²) in [5, 5.41) is 0. The molecule has 0 aliphatic carbocycles. The average molecular weight is 300 g/mol. The van der Waals surface area contributed by atoms with Crippen molar-refractivity contribution in [2.45, 2.75) is 18.7 Å². The molecule has 90 valence electrons. The van der Waals surface area contributed by atoms with E-state index in [1.54, 1.807) is 7.05 Å². The molecule has 0 radical (unpaired) electrons. The van der Waals surface area contributed by atoms with E-state index in [0.29, 0.717) is 0 Å². The van der Waals surface area contributed by atoms with Crippen LogP contribution in [0.3, 0.4) is 0 Å². The Hall–Kier alpha value is -0.100. The third kappa shape index (κ3) is 6.14. The number of alkyl halides is 1. The molecule has 6 heteroatoms. The second kappa shape index (κ2) is 5.84. The molecule has 0 aromatic carbocycles. The molecule has 15 heavy (non-hydrogen) atoms. The molecule has 0 rings (SSSR count). The van der Waals surface area contributed by atoms with Crippen molar-refractivity contribution in [3.63, 3.8) is 0 Å². The van der Waals surface area contributed by atoms with E-state index in [1.165, 1.54) is 11.2 Å². The fraction of sp³-hybridized carbons (Fsp3) is 0.889. The molecule has 0 saturated heterocycles. The van der Waals surface area contributed by atoms with Gasteiger partial charge in [-0.05, 0) is 5.92 Å². The molecular weight excluding hydrogens is 282 g/mol. The number of amides is 1. The maximum Gasteiger partial charge on any atom is 0.236 e. The Morgan fingerprint density at radius 3 is 2.20 bits per heavy atom. The topological polar surface area (TPSA) is 54.5 Å². The van der Waals surface area contributed by atoms with E-state index in [-0.39, 0.29) is 28.9 Å². The van der Waals surface area contributed by atoms with E-state index in [0.717, 1.165) is 0 Å². The summed E-state index contributed by atoms with van der Waals surface area (Å²) in [7, 11) is -1.39. The first-order chi connectivity index (χ1) is 6.65. The number of hydrogen-bond donors (Lipinski definition) is 0. The molecule has 4 nitrogen and oxygen atoms in total. The summed E-state index contributed by atoms with van der Waals surface area (Å²) >= 11 is 3.29. The minimum atomic E-state index is -3.01. The predicted molar refractivity (Wildman–Crippen MR) is 64.9 cm³/mol. The van der Waals surface area contributed by atoms with Crippen molar-refractivity contribution in [2.75, 3.05) is 25.6 Å². The van der Waals surface area contributed by atoms with Crippen molar-refractivity contribution in [2.24, 2.45) is 5.92 Å². The van der Waals surface area contributed by atoms with Gasteiger partial charge in [-0.3, -0.25) is 4.79 Å². The van der Waals surface area contributed by atoms with Crippen LogP contribution in [0, 0.1) is 5.92 Å². The predicted octanol–water partition coefficient (Wildman–Crippen LogP) is 0.909. The Balaban J connectivity index is 4.23. The van der Waals surface area contributed by atoms with Crippen LogP contribution in [0.1, 0.15) is 13.8 Å². The lowest BCUT2D eigenvalue weighted by Crippen LogP contribution is -2.38. The molecule has 0 N–H and O–H groups in total. The second-order valence-corrected chi connectivity index (χ2v) is 7.28. The van der Waals surface area contributed by atoms with Gasteiger partial charge in [0, 0.05) is 19.8 Å². The van der Waals surface area contributed by atoms with Gasteiger partial charge in [0.15, 0.2) is 0 Å². The monoisotopic (exact) mass is 299 g/mol. The van der Waals surface area contributed by atoms with Gasteiger partial charge in [0.2, 0.25) is 5.91 Å². The number of sulfone groups is 1. The first kappa shape index (κ1) is 14.9. The Morgan fingerprint density at radius 2 is 1.87 bits per heavy atom. The van der Waals surface area contributed by atoms with Crippen molar-refractivity contribution in [3.8, 4) is 0 Å². The van der Waals surface area contributed by atoms with Gasteiger partial charge < -0.3 is 4.90 Å². The average Bonchev–Trinajstić information content (AvgIpc) is 2.10. The molecule has 0 saturated carbocycles. The van der Waals surface area contributed by atoms with Gasteiger partial charge in [-0.15, -0.1) is 0 Å². The second-order valence-electron chi connectivity index (χ2n) is 4.04. The molecule has 0 spiro atoms. The number of rotatable bonds is 5. The lowest BCUT2D eigenvalue weighted by molar-refractivity contribution is -0.129. The van der Waals surface area contributed by atoms with Gasteiger partial charge in [-0.25, -0.2) is 8.42 Å². The smallest absolute Gasteiger partial charge is 0.236 e. The first-order valence-corrected chi connectivity index (χ1v) is 7.69. The fourth-order valence-electron chi connectivity index (χ4n) is 0.909. The molecule has 0 aliphatic heterocycles. The van der Waals surface area contributed by atoms with Gasteiger partial charge in [0.1, 0.15) is 9.84 Å². The number of hydrogen-bond acceptors (Lipinski definition) is 3. The molecule has 1 amide bonds. The van der Waals surface area contributed by atoms with Crippen LogP contribution in [0.2, 0.25) is 0 Å².